The summed E-state index contributed by atoms with van der Waals surface area (Å²) >= 11 is 0. The van der Waals surface area contributed by atoms with Crippen LogP contribution in [-0.4, -0.2) is 34.6 Å². The molecule has 2 aromatic heterocycles. The Morgan fingerprint density at radius 3 is 2.96 bits per heavy atom. The highest BCUT2D eigenvalue weighted by atomic mass is 15.3. The second kappa shape index (κ2) is 5.91. The fourth-order valence-corrected chi connectivity index (χ4v) is 3.17. The van der Waals surface area contributed by atoms with Crippen LogP contribution in [0.5, 0.6) is 0 Å². The summed E-state index contributed by atoms with van der Waals surface area (Å²) in [5, 5.41) is 3.46. The van der Waals surface area contributed by atoms with Crippen molar-refractivity contribution in [3.05, 3.63) is 48.2 Å². The van der Waals surface area contributed by atoms with Crippen LogP contribution in [0.15, 0.2) is 42.5 Å². The van der Waals surface area contributed by atoms with Gasteiger partial charge in [-0.3, -0.25) is 0 Å². The second-order valence-corrected chi connectivity index (χ2v) is 6.22. The number of aryl methyl sites for hydroxylation is 1. The molecule has 0 aliphatic carbocycles. The van der Waals surface area contributed by atoms with E-state index >= 15 is 0 Å². The lowest BCUT2D eigenvalue weighted by molar-refractivity contribution is 0.620. The van der Waals surface area contributed by atoms with Crippen LogP contribution in [-0.2, 0) is 0 Å². The SMILES string of the molecule is Cc1cccc(NCC2CCN(c3nc4ccccc4[nH]3)C2)n1. The maximum atomic E-state index is 4.70. The van der Waals surface area contributed by atoms with E-state index in [0.717, 1.165) is 48.1 Å². The maximum absolute atomic E-state index is 4.70. The molecule has 1 unspecified atom stereocenters. The number of nitrogens with one attached hydrogen (secondary N) is 2. The van der Waals surface area contributed by atoms with Gasteiger partial charge >= 0.3 is 0 Å². The summed E-state index contributed by atoms with van der Waals surface area (Å²) in [4.78, 5) is 15.0. The number of imidazole rings is 1. The monoisotopic (exact) mass is 307 g/mol. The average molecular weight is 307 g/mol. The van der Waals surface area contributed by atoms with Gasteiger partial charge in [-0.2, -0.15) is 0 Å². The van der Waals surface area contributed by atoms with Crippen molar-refractivity contribution < 1.29 is 0 Å². The number of benzene rings is 1. The standard InChI is InChI=1S/C18H21N5/c1-13-5-4-8-17(20-13)19-11-14-9-10-23(12-14)18-21-15-6-2-3-7-16(15)22-18/h2-8,14H,9-12H2,1H3,(H,19,20)(H,21,22). The summed E-state index contributed by atoms with van der Waals surface area (Å²) in [5.41, 5.74) is 3.19. The van der Waals surface area contributed by atoms with E-state index in [2.05, 4.69) is 26.3 Å². The number of nitrogens with zero attached hydrogens (tertiary/aromatic N) is 3. The van der Waals surface area contributed by atoms with Crippen molar-refractivity contribution in [3.63, 3.8) is 0 Å². The Balaban J connectivity index is 1.39. The lowest BCUT2D eigenvalue weighted by Gasteiger charge is -2.15. The zero-order valence-corrected chi connectivity index (χ0v) is 13.3. The van der Waals surface area contributed by atoms with Gasteiger partial charge in [0, 0.05) is 25.3 Å². The van der Waals surface area contributed by atoms with Crippen LogP contribution >= 0.6 is 0 Å². The second-order valence-electron chi connectivity index (χ2n) is 6.22. The minimum atomic E-state index is 0.616. The fraction of sp³-hybridized carbons (Fsp3) is 0.333. The van der Waals surface area contributed by atoms with Gasteiger partial charge in [0.25, 0.3) is 0 Å². The van der Waals surface area contributed by atoms with E-state index in [-0.39, 0.29) is 0 Å². The summed E-state index contributed by atoms with van der Waals surface area (Å²) in [5.74, 6) is 2.57. The van der Waals surface area contributed by atoms with Gasteiger partial charge in [0.05, 0.1) is 11.0 Å². The molecule has 3 aromatic rings. The van der Waals surface area contributed by atoms with Crippen LogP contribution in [0, 0.1) is 12.8 Å². The van der Waals surface area contributed by atoms with Crippen molar-refractivity contribution in [1.82, 2.24) is 15.0 Å². The Morgan fingerprint density at radius 2 is 2.09 bits per heavy atom. The number of aromatic amines is 1. The highest BCUT2D eigenvalue weighted by molar-refractivity contribution is 5.77. The van der Waals surface area contributed by atoms with E-state index in [1.54, 1.807) is 0 Å². The number of pyridine rings is 1. The first-order valence-electron chi connectivity index (χ1n) is 8.15. The minimum absolute atomic E-state index is 0.616. The number of hydrogen-bond acceptors (Lipinski definition) is 4. The van der Waals surface area contributed by atoms with E-state index in [1.165, 1.54) is 6.42 Å². The molecule has 0 amide bonds. The van der Waals surface area contributed by atoms with Crippen LogP contribution in [0.3, 0.4) is 0 Å². The third-order valence-electron chi connectivity index (χ3n) is 4.42. The molecule has 0 bridgehead atoms. The lowest BCUT2D eigenvalue weighted by atomic mass is 10.1. The highest BCUT2D eigenvalue weighted by Crippen LogP contribution is 2.24. The van der Waals surface area contributed by atoms with E-state index < -0.39 is 0 Å². The topological polar surface area (TPSA) is 56.8 Å². The first-order chi connectivity index (χ1) is 11.3. The molecule has 0 saturated carbocycles. The van der Waals surface area contributed by atoms with E-state index in [4.69, 9.17) is 4.98 Å². The number of rotatable bonds is 4. The van der Waals surface area contributed by atoms with Crippen LogP contribution in [0.2, 0.25) is 0 Å². The molecular weight excluding hydrogens is 286 g/mol. The Labute approximate surface area is 135 Å². The molecular formula is C18H21N5. The number of fused-ring (bicyclic) bond motifs is 1. The van der Waals surface area contributed by atoms with Gasteiger partial charge in [0.2, 0.25) is 5.95 Å². The van der Waals surface area contributed by atoms with Crippen molar-refractivity contribution in [3.8, 4) is 0 Å². The van der Waals surface area contributed by atoms with Crippen LogP contribution in [0.1, 0.15) is 12.1 Å². The number of anilines is 2. The normalized spacial score (nSPS) is 17.8. The van der Waals surface area contributed by atoms with Crippen molar-refractivity contribution in [2.75, 3.05) is 29.9 Å². The summed E-state index contributed by atoms with van der Waals surface area (Å²) in [6, 6.07) is 14.3. The molecule has 0 radical (unpaired) electrons. The fourth-order valence-electron chi connectivity index (χ4n) is 3.17. The van der Waals surface area contributed by atoms with Crippen molar-refractivity contribution in [2.24, 2.45) is 5.92 Å². The zero-order chi connectivity index (χ0) is 15.6. The maximum Gasteiger partial charge on any atom is 0.203 e. The molecule has 1 aliphatic heterocycles. The van der Waals surface area contributed by atoms with E-state index in [1.807, 2.05) is 43.3 Å². The first-order valence-corrected chi connectivity index (χ1v) is 8.15. The van der Waals surface area contributed by atoms with Gasteiger partial charge in [0.1, 0.15) is 5.82 Å². The third kappa shape index (κ3) is 2.99. The van der Waals surface area contributed by atoms with Gasteiger partial charge in [-0.15, -0.1) is 0 Å². The Bertz CT molecular complexity index is 777. The van der Waals surface area contributed by atoms with Crippen molar-refractivity contribution >= 4 is 22.8 Å². The number of aromatic nitrogens is 3. The molecule has 23 heavy (non-hydrogen) atoms. The molecule has 1 saturated heterocycles. The molecule has 4 rings (SSSR count). The van der Waals surface area contributed by atoms with E-state index in [9.17, 15) is 0 Å². The van der Waals surface area contributed by atoms with Crippen molar-refractivity contribution in [1.29, 1.82) is 0 Å². The molecule has 5 heteroatoms. The predicted octanol–water partition coefficient (Wildman–Crippen LogP) is 3.20. The third-order valence-corrected chi connectivity index (χ3v) is 4.42. The van der Waals surface area contributed by atoms with Gasteiger partial charge in [-0.25, -0.2) is 9.97 Å². The molecule has 118 valence electrons. The number of H-pyrrole nitrogens is 1. The Morgan fingerprint density at radius 1 is 1.17 bits per heavy atom. The quantitative estimate of drug-likeness (QED) is 0.777. The van der Waals surface area contributed by atoms with Gasteiger partial charge in [-0.05, 0) is 43.5 Å². The minimum Gasteiger partial charge on any atom is -0.370 e. The molecule has 1 aromatic carbocycles. The molecule has 1 aliphatic rings. The van der Waals surface area contributed by atoms with Gasteiger partial charge in [-0.1, -0.05) is 18.2 Å². The van der Waals surface area contributed by atoms with Crippen molar-refractivity contribution in [2.45, 2.75) is 13.3 Å². The van der Waals surface area contributed by atoms with E-state index in [0.29, 0.717) is 5.92 Å². The molecule has 1 atom stereocenters. The summed E-state index contributed by atoms with van der Waals surface area (Å²) in [7, 11) is 0. The summed E-state index contributed by atoms with van der Waals surface area (Å²) in [6.45, 7) is 5.04. The smallest absolute Gasteiger partial charge is 0.203 e. The summed E-state index contributed by atoms with van der Waals surface area (Å²) < 4.78 is 0. The molecule has 3 heterocycles. The predicted molar refractivity (Wildman–Crippen MR) is 93.9 cm³/mol. The van der Waals surface area contributed by atoms with Crippen LogP contribution in [0.25, 0.3) is 11.0 Å². The molecule has 1 fully saturated rings. The molecule has 2 N–H and O–H groups in total. The zero-order valence-electron chi connectivity index (χ0n) is 13.3. The van der Waals surface area contributed by atoms with Crippen LogP contribution < -0.4 is 10.2 Å². The molecule has 5 nitrogen and oxygen atoms in total. The van der Waals surface area contributed by atoms with Gasteiger partial charge in [0.15, 0.2) is 0 Å². The molecule has 0 spiro atoms. The highest BCUT2D eigenvalue weighted by Gasteiger charge is 2.24. The Kier molecular flexibility index (Phi) is 3.61. The lowest BCUT2D eigenvalue weighted by Crippen LogP contribution is -2.23. The first kappa shape index (κ1) is 14.1. The largest absolute Gasteiger partial charge is 0.370 e. The summed E-state index contributed by atoms with van der Waals surface area (Å²) in [6.07, 6.45) is 1.18. The van der Waals surface area contributed by atoms with Crippen LogP contribution in [0.4, 0.5) is 11.8 Å². The number of hydrogen-bond donors (Lipinski definition) is 2. The number of para-hydroxylation sites is 2. The average Bonchev–Trinajstić information content (AvgIpc) is 3.19. The Hall–Kier alpha value is -2.56. The van der Waals surface area contributed by atoms with Gasteiger partial charge < -0.3 is 15.2 Å².